The summed E-state index contributed by atoms with van der Waals surface area (Å²) in [5.41, 5.74) is 4.18. The molecule has 4 rings (SSSR count). The van der Waals surface area contributed by atoms with Crippen LogP contribution >= 0.6 is 0 Å². The Balaban J connectivity index is 1.61. The zero-order valence-corrected chi connectivity index (χ0v) is 12.4. The van der Waals surface area contributed by atoms with E-state index in [-0.39, 0.29) is 0 Å². The standard InChI is InChI=1S/C19H21NO/c1-20-18(15-9-5-8-14-10-11-21-19(14)15)17-12-16(17)13-6-3-2-4-7-13/h2-9,16-18,20H,10-12H2,1H3. The van der Waals surface area contributed by atoms with Crippen LogP contribution in [0.3, 0.4) is 0 Å². The lowest BCUT2D eigenvalue weighted by Gasteiger charge is -2.19. The SMILES string of the molecule is CNC(c1cccc2c1OCC2)C1CC1c1ccccc1. The molecule has 2 nitrogen and oxygen atoms in total. The van der Waals surface area contributed by atoms with Gasteiger partial charge in [0.05, 0.1) is 6.61 Å². The molecule has 2 aliphatic rings. The van der Waals surface area contributed by atoms with Crippen molar-refractivity contribution < 1.29 is 4.74 Å². The van der Waals surface area contributed by atoms with Crippen LogP contribution in [-0.4, -0.2) is 13.7 Å². The summed E-state index contributed by atoms with van der Waals surface area (Å²) in [6, 6.07) is 17.9. The molecule has 1 fully saturated rings. The van der Waals surface area contributed by atoms with Gasteiger partial charge in [-0.1, -0.05) is 48.5 Å². The molecule has 1 saturated carbocycles. The maximum absolute atomic E-state index is 5.89. The van der Waals surface area contributed by atoms with E-state index in [9.17, 15) is 0 Å². The van der Waals surface area contributed by atoms with E-state index in [0.717, 1.165) is 18.8 Å². The van der Waals surface area contributed by atoms with E-state index >= 15 is 0 Å². The van der Waals surface area contributed by atoms with Gasteiger partial charge in [-0.05, 0) is 36.4 Å². The first kappa shape index (κ1) is 12.9. The van der Waals surface area contributed by atoms with Crippen LogP contribution in [0.5, 0.6) is 5.75 Å². The molecule has 1 N–H and O–H groups in total. The largest absolute Gasteiger partial charge is 0.493 e. The number of benzene rings is 2. The highest BCUT2D eigenvalue weighted by molar-refractivity contribution is 5.47. The highest BCUT2D eigenvalue weighted by atomic mass is 16.5. The molecule has 2 aromatic carbocycles. The summed E-state index contributed by atoms with van der Waals surface area (Å²) in [4.78, 5) is 0. The number of hydrogen-bond acceptors (Lipinski definition) is 2. The van der Waals surface area contributed by atoms with Gasteiger partial charge in [-0.15, -0.1) is 0 Å². The minimum absolute atomic E-state index is 0.392. The zero-order valence-electron chi connectivity index (χ0n) is 12.4. The molecule has 0 spiro atoms. The van der Waals surface area contributed by atoms with Crippen LogP contribution in [0.25, 0.3) is 0 Å². The lowest BCUT2D eigenvalue weighted by molar-refractivity contribution is 0.346. The molecule has 2 heteroatoms. The molecule has 108 valence electrons. The van der Waals surface area contributed by atoms with Crippen LogP contribution < -0.4 is 10.1 Å². The van der Waals surface area contributed by atoms with Gasteiger partial charge in [0.2, 0.25) is 0 Å². The van der Waals surface area contributed by atoms with Crippen LogP contribution in [0, 0.1) is 5.92 Å². The molecule has 0 bridgehead atoms. The van der Waals surface area contributed by atoms with Gasteiger partial charge < -0.3 is 10.1 Å². The van der Waals surface area contributed by atoms with Crippen LogP contribution in [0.1, 0.15) is 35.1 Å². The first-order valence-corrected chi connectivity index (χ1v) is 7.85. The normalized spacial score (nSPS) is 24.2. The molecule has 21 heavy (non-hydrogen) atoms. The van der Waals surface area contributed by atoms with Gasteiger partial charge in [-0.2, -0.15) is 0 Å². The van der Waals surface area contributed by atoms with Crippen molar-refractivity contribution in [3.8, 4) is 5.75 Å². The molecule has 0 saturated heterocycles. The lowest BCUT2D eigenvalue weighted by atomic mass is 9.96. The number of para-hydroxylation sites is 1. The number of ether oxygens (including phenoxy) is 1. The molecular weight excluding hydrogens is 258 g/mol. The molecule has 0 radical (unpaired) electrons. The second kappa shape index (κ2) is 5.19. The van der Waals surface area contributed by atoms with Crippen molar-refractivity contribution in [1.82, 2.24) is 5.32 Å². The molecule has 1 aliphatic carbocycles. The van der Waals surface area contributed by atoms with Gasteiger partial charge in [0.1, 0.15) is 5.75 Å². The van der Waals surface area contributed by atoms with Gasteiger partial charge in [0.25, 0.3) is 0 Å². The fourth-order valence-corrected chi connectivity index (χ4v) is 3.75. The van der Waals surface area contributed by atoms with Crippen LogP contribution in [0.2, 0.25) is 0 Å². The van der Waals surface area contributed by atoms with Crippen LogP contribution in [0.15, 0.2) is 48.5 Å². The van der Waals surface area contributed by atoms with Gasteiger partial charge in [-0.3, -0.25) is 0 Å². The molecule has 0 aromatic heterocycles. The Bertz CT molecular complexity index is 637. The molecule has 3 atom stereocenters. The Labute approximate surface area is 126 Å². The van der Waals surface area contributed by atoms with Crippen molar-refractivity contribution >= 4 is 0 Å². The van der Waals surface area contributed by atoms with Gasteiger partial charge >= 0.3 is 0 Å². The Morgan fingerprint density at radius 3 is 2.76 bits per heavy atom. The van der Waals surface area contributed by atoms with Crippen molar-refractivity contribution in [2.45, 2.75) is 24.8 Å². The molecule has 2 aromatic rings. The van der Waals surface area contributed by atoms with Crippen molar-refractivity contribution in [2.75, 3.05) is 13.7 Å². The number of hydrogen-bond donors (Lipinski definition) is 1. The third-order valence-corrected chi connectivity index (χ3v) is 4.89. The van der Waals surface area contributed by atoms with Gasteiger partial charge in [0, 0.05) is 18.0 Å². The second-order valence-electron chi connectivity index (χ2n) is 6.12. The minimum atomic E-state index is 0.392. The quantitative estimate of drug-likeness (QED) is 0.921. The molecule has 0 amide bonds. The maximum atomic E-state index is 5.89. The molecule has 3 unspecified atom stereocenters. The third-order valence-electron chi connectivity index (χ3n) is 4.89. The zero-order chi connectivity index (χ0) is 14.2. The predicted molar refractivity (Wildman–Crippen MR) is 84.7 cm³/mol. The Morgan fingerprint density at radius 2 is 1.95 bits per heavy atom. The van der Waals surface area contributed by atoms with E-state index in [0.29, 0.717) is 17.9 Å². The first-order chi connectivity index (χ1) is 10.4. The lowest BCUT2D eigenvalue weighted by Crippen LogP contribution is -2.19. The van der Waals surface area contributed by atoms with Crippen molar-refractivity contribution in [2.24, 2.45) is 5.92 Å². The second-order valence-corrected chi connectivity index (χ2v) is 6.12. The summed E-state index contributed by atoms with van der Waals surface area (Å²) in [5, 5.41) is 3.53. The predicted octanol–water partition coefficient (Wildman–Crippen LogP) is 3.69. The third kappa shape index (κ3) is 2.24. The minimum Gasteiger partial charge on any atom is -0.493 e. The number of fused-ring (bicyclic) bond motifs is 1. The van der Waals surface area contributed by atoms with Crippen LogP contribution in [-0.2, 0) is 6.42 Å². The Hall–Kier alpha value is -1.80. The van der Waals surface area contributed by atoms with E-state index in [1.54, 1.807) is 0 Å². The summed E-state index contributed by atoms with van der Waals surface area (Å²) < 4.78 is 5.89. The van der Waals surface area contributed by atoms with E-state index in [1.807, 2.05) is 0 Å². The fraction of sp³-hybridized carbons (Fsp3) is 0.368. The Kier molecular flexibility index (Phi) is 3.19. The molecule has 1 heterocycles. The Morgan fingerprint density at radius 1 is 1.10 bits per heavy atom. The van der Waals surface area contributed by atoms with E-state index in [1.165, 1.54) is 23.1 Å². The highest BCUT2D eigenvalue weighted by Crippen LogP contribution is 2.55. The van der Waals surface area contributed by atoms with E-state index < -0.39 is 0 Å². The fourth-order valence-electron chi connectivity index (χ4n) is 3.75. The summed E-state index contributed by atoms with van der Waals surface area (Å²) in [5.74, 6) is 2.49. The van der Waals surface area contributed by atoms with Crippen LogP contribution in [0.4, 0.5) is 0 Å². The smallest absolute Gasteiger partial charge is 0.127 e. The number of nitrogens with one attached hydrogen (secondary N) is 1. The first-order valence-electron chi connectivity index (χ1n) is 7.85. The topological polar surface area (TPSA) is 21.3 Å². The molecule has 1 aliphatic heterocycles. The van der Waals surface area contributed by atoms with Crippen molar-refractivity contribution in [3.05, 3.63) is 65.2 Å². The van der Waals surface area contributed by atoms with Gasteiger partial charge in [-0.25, -0.2) is 0 Å². The van der Waals surface area contributed by atoms with E-state index in [4.69, 9.17) is 4.74 Å². The maximum Gasteiger partial charge on any atom is 0.127 e. The summed E-state index contributed by atoms with van der Waals surface area (Å²) >= 11 is 0. The van der Waals surface area contributed by atoms with Crippen molar-refractivity contribution in [3.63, 3.8) is 0 Å². The average Bonchev–Trinajstić information content (AvgIpc) is 3.16. The monoisotopic (exact) mass is 279 g/mol. The highest BCUT2D eigenvalue weighted by Gasteiger charge is 2.44. The average molecular weight is 279 g/mol. The molecular formula is C19H21NO. The van der Waals surface area contributed by atoms with Crippen molar-refractivity contribution in [1.29, 1.82) is 0 Å². The number of rotatable bonds is 4. The van der Waals surface area contributed by atoms with Gasteiger partial charge in [0.15, 0.2) is 0 Å². The summed E-state index contributed by atoms with van der Waals surface area (Å²) in [6.07, 6.45) is 2.31. The summed E-state index contributed by atoms with van der Waals surface area (Å²) in [7, 11) is 2.07. The summed E-state index contributed by atoms with van der Waals surface area (Å²) in [6.45, 7) is 0.829. The van der Waals surface area contributed by atoms with E-state index in [2.05, 4.69) is 60.9 Å².